The van der Waals surface area contributed by atoms with Gasteiger partial charge in [0.2, 0.25) is 0 Å². The molecule has 0 aromatic rings. The van der Waals surface area contributed by atoms with Crippen LogP contribution >= 0.6 is 0 Å². The van der Waals surface area contributed by atoms with E-state index in [0.717, 1.165) is 25.8 Å². The van der Waals surface area contributed by atoms with E-state index in [-0.39, 0.29) is 5.75 Å². The Kier molecular flexibility index (Phi) is 6.44. The molecule has 116 valence electrons. The Bertz CT molecular complexity index is 440. The third-order valence-electron chi connectivity index (χ3n) is 3.66. The van der Waals surface area contributed by atoms with Crippen molar-refractivity contribution in [2.75, 3.05) is 32.1 Å². The molecule has 1 aliphatic carbocycles. The standard InChI is InChI=1S/C14H27N3O2S/c1-14(12-15,16-13-6-7-13)8-4-5-9-17(2)10-11-20(3,18)19/h13,16H,4-11H2,1-3H3. The molecule has 0 heterocycles. The molecule has 0 aromatic carbocycles. The maximum Gasteiger partial charge on any atom is 0.148 e. The predicted octanol–water partition coefficient (Wildman–Crippen LogP) is 1.17. The smallest absolute Gasteiger partial charge is 0.148 e. The molecule has 1 N–H and O–H groups in total. The summed E-state index contributed by atoms with van der Waals surface area (Å²) in [7, 11) is -0.937. The number of nitrogens with zero attached hydrogens (tertiary/aromatic N) is 2. The number of sulfone groups is 1. The van der Waals surface area contributed by atoms with E-state index < -0.39 is 15.4 Å². The van der Waals surface area contributed by atoms with Gasteiger partial charge in [-0.1, -0.05) is 0 Å². The van der Waals surface area contributed by atoms with Crippen molar-refractivity contribution in [1.82, 2.24) is 10.2 Å². The zero-order valence-electron chi connectivity index (χ0n) is 12.9. The van der Waals surface area contributed by atoms with Gasteiger partial charge in [-0.25, -0.2) is 8.42 Å². The molecule has 1 fully saturated rings. The van der Waals surface area contributed by atoms with Gasteiger partial charge in [-0.15, -0.1) is 0 Å². The second-order valence-electron chi connectivity index (χ2n) is 6.25. The van der Waals surface area contributed by atoms with E-state index in [9.17, 15) is 13.7 Å². The van der Waals surface area contributed by atoms with Crippen LogP contribution in [0.2, 0.25) is 0 Å². The number of hydrogen-bond donors (Lipinski definition) is 1. The fourth-order valence-corrected chi connectivity index (χ4v) is 2.78. The molecule has 1 aliphatic rings. The minimum atomic E-state index is -2.88. The largest absolute Gasteiger partial charge is 0.305 e. The van der Waals surface area contributed by atoms with Gasteiger partial charge in [-0.3, -0.25) is 5.32 Å². The molecule has 1 atom stereocenters. The fraction of sp³-hybridized carbons (Fsp3) is 0.929. The molecular formula is C14H27N3O2S. The number of nitriles is 1. The van der Waals surface area contributed by atoms with Crippen LogP contribution in [-0.2, 0) is 9.84 Å². The van der Waals surface area contributed by atoms with Gasteiger partial charge in [0.25, 0.3) is 0 Å². The first-order valence-corrected chi connectivity index (χ1v) is 9.35. The fourth-order valence-electron chi connectivity index (χ4n) is 2.13. The van der Waals surface area contributed by atoms with Gasteiger partial charge in [-0.05, 0) is 52.6 Å². The van der Waals surface area contributed by atoms with E-state index in [1.165, 1.54) is 19.1 Å². The molecule has 0 saturated heterocycles. The Labute approximate surface area is 123 Å². The van der Waals surface area contributed by atoms with Crippen LogP contribution in [0.25, 0.3) is 0 Å². The summed E-state index contributed by atoms with van der Waals surface area (Å²) in [6, 6.07) is 2.92. The van der Waals surface area contributed by atoms with Gasteiger partial charge >= 0.3 is 0 Å². The highest BCUT2D eigenvalue weighted by Gasteiger charge is 2.31. The zero-order valence-corrected chi connectivity index (χ0v) is 13.7. The second kappa shape index (κ2) is 7.39. The number of hydrogen-bond acceptors (Lipinski definition) is 5. The van der Waals surface area contributed by atoms with Crippen molar-refractivity contribution >= 4 is 9.84 Å². The maximum atomic E-state index is 11.1. The Balaban J connectivity index is 2.15. The van der Waals surface area contributed by atoms with Crippen LogP contribution < -0.4 is 5.32 Å². The first kappa shape index (κ1) is 17.4. The van der Waals surface area contributed by atoms with Crippen LogP contribution in [0.3, 0.4) is 0 Å². The molecule has 0 radical (unpaired) electrons. The molecule has 5 nitrogen and oxygen atoms in total. The van der Waals surface area contributed by atoms with Crippen molar-refractivity contribution < 1.29 is 8.42 Å². The first-order valence-electron chi connectivity index (χ1n) is 7.29. The Morgan fingerprint density at radius 2 is 2.00 bits per heavy atom. The van der Waals surface area contributed by atoms with Gasteiger partial charge in [-0.2, -0.15) is 5.26 Å². The van der Waals surface area contributed by atoms with Crippen molar-refractivity contribution in [2.45, 2.75) is 50.6 Å². The highest BCUT2D eigenvalue weighted by atomic mass is 32.2. The van der Waals surface area contributed by atoms with E-state index in [4.69, 9.17) is 0 Å². The third-order valence-corrected chi connectivity index (χ3v) is 4.58. The highest BCUT2D eigenvalue weighted by Crippen LogP contribution is 2.24. The van der Waals surface area contributed by atoms with E-state index in [1.807, 2.05) is 18.9 Å². The molecule has 0 aliphatic heterocycles. The number of unbranched alkanes of at least 4 members (excludes halogenated alkanes) is 1. The lowest BCUT2D eigenvalue weighted by atomic mass is 9.96. The van der Waals surface area contributed by atoms with Crippen LogP contribution in [0.1, 0.15) is 39.0 Å². The van der Waals surface area contributed by atoms with Gasteiger partial charge in [0, 0.05) is 18.8 Å². The average Bonchev–Trinajstić information content (AvgIpc) is 3.15. The highest BCUT2D eigenvalue weighted by molar-refractivity contribution is 7.90. The van der Waals surface area contributed by atoms with E-state index in [0.29, 0.717) is 12.6 Å². The maximum absolute atomic E-state index is 11.1. The quantitative estimate of drug-likeness (QED) is 0.613. The molecule has 0 bridgehead atoms. The van der Waals surface area contributed by atoms with Crippen LogP contribution in [-0.4, -0.2) is 57.0 Å². The first-order chi connectivity index (χ1) is 9.24. The predicted molar refractivity (Wildman–Crippen MR) is 81.2 cm³/mol. The summed E-state index contributed by atoms with van der Waals surface area (Å²) < 4.78 is 22.1. The van der Waals surface area contributed by atoms with Crippen LogP contribution in [0, 0.1) is 11.3 Å². The van der Waals surface area contributed by atoms with Gasteiger partial charge in [0.05, 0.1) is 11.8 Å². The molecule has 0 aromatic heterocycles. The molecule has 20 heavy (non-hydrogen) atoms. The molecule has 1 saturated carbocycles. The van der Waals surface area contributed by atoms with E-state index >= 15 is 0 Å². The summed E-state index contributed by atoms with van der Waals surface area (Å²) in [5.74, 6) is 0.211. The van der Waals surface area contributed by atoms with Crippen LogP contribution in [0.5, 0.6) is 0 Å². The number of rotatable bonds is 10. The van der Waals surface area contributed by atoms with E-state index in [1.54, 1.807) is 0 Å². The summed E-state index contributed by atoms with van der Waals surface area (Å²) >= 11 is 0. The Morgan fingerprint density at radius 1 is 1.35 bits per heavy atom. The lowest BCUT2D eigenvalue weighted by molar-refractivity contribution is 0.327. The molecule has 0 amide bonds. The van der Waals surface area contributed by atoms with Gasteiger partial charge in [0.15, 0.2) is 0 Å². The zero-order chi connectivity index (χ0) is 15.2. The Hall–Kier alpha value is -0.640. The van der Waals surface area contributed by atoms with Crippen LogP contribution in [0.15, 0.2) is 0 Å². The monoisotopic (exact) mass is 301 g/mol. The third kappa shape index (κ3) is 7.83. The van der Waals surface area contributed by atoms with Gasteiger partial charge < -0.3 is 4.90 Å². The molecule has 6 heteroatoms. The second-order valence-corrected chi connectivity index (χ2v) is 8.51. The molecule has 0 spiro atoms. The summed E-state index contributed by atoms with van der Waals surface area (Å²) in [6.07, 6.45) is 6.45. The summed E-state index contributed by atoms with van der Waals surface area (Å²) in [5.41, 5.74) is -0.410. The summed E-state index contributed by atoms with van der Waals surface area (Å²) in [4.78, 5) is 2.04. The lowest BCUT2D eigenvalue weighted by Crippen LogP contribution is -2.42. The van der Waals surface area contributed by atoms with Crippen molar-refractivity contribution in [1.29, 1.82) is 5.26 Å². The molecular weight excluding hydrogens is 274 g/mol. The minimum Gasteiger partial charge on any atom is -0.305 e. The summed E-state index contributed by atoms with van der Waals surface area (Å²) in [5, 5.41) is 12.7. The van der Waals surface area contributed by atoms with E-state index in [2.05, 4.69) is 11.4 Å². The van der Waals surface area contributed by atoms with Gasteiger partial charge in [0.1, 0.15) is 15.4 Å². The van der Waals surface area contributed by atoms with Crippen LogP contribution in [0.4, 0.5) is 0 Å². The summed E-state index contributed by atoms with van der Waals surface area (Å²) in [6.45, 7) is 3.42. The van der Waals surface area contributed by atoms with Crippen molar-refractivity contribution in [3.8, 4) is 6.07 Å². The molecule has 1 unspecified atom stereocenters. The SMILES string of the molecule is CN(CCCCC(C)(C#N)NC1CC1)CCS(C)(=O)=O. The molecule has 1 rings (SSSR count). The minimum absolute atomic E-state index is 0.211. The normalized spacial score (nSPS) is 18.8. The lowest BCUT2D eigenvalue weighted by Gasteiger charge is -2.24. The topological polar surface area (TPSA) is 73.2 Å². The van der Waals surface area contributed by atoms with Crippen molar-refractivity contribution in [3.63, 3.8) is 0 Å². The average molecular weight is 301 g/mol. The number of nitrogens with one attached hydrogen (secondary N) is 1. The van der Waals surface area contributed by atoms with Crippen molar-refractivity contribution in [2.24, 2.45) is 0 Å². The Morgan fingerprint density at radius 3 is 2.50 bits per heavy atom. The van der Waals surface area contributed by atoms with Crippen molar-refractivity contribution in [3.05, 3.63) is 0 Å².